The van der Waals surface area contributed by atoms with Crippen LogP contribution in [0.15, 0.2) is 60.7 Å². The van der Waals surface area contributed by atoms with Gasteiger partial charge in [-0.1, -0.05) is 35.9 Å². The average Bonchev–Trinajstić information content (AvgIpc) is 2.73. The highest BCUT2D eigenvalue weighted by molar-refractivity contribution is 6.30. The van der Waals surface area contributed by atoms with E-state index in [1.54, 1.807) is 7.11 Å². The summed E-state index contributed by atoms with van der Waals surface area (Å²) >= 11 is 5.92. The summed E-state index contributed by atoms with van der Waals surface area (Å²) < 4.78 is 11.4. The van der Waals surface area contributed by atoms with Crippen LogP contribution in [0, 0.1) is 6.92 Å². The molecule has 0 radical (unpaired) electrons. The van der Waals surface area contributed by atoms with Crippen LogP contribution in [0.2, 0.25) is 5.02 Å². The minimum Gasteiger partial charge on any atom is -0.493 e. The van der Waals surface area contributed by atoms with Gasteiger partial charge in [0.05, 0.1) is 7.11 Å². The summed E-state index contributed by atoms with van der Waals surface area (Å²) in [6.07, 6.45) is 0. The molecule has 0 saturated carbocycles. The molecule has 6 heteroatoms. The van der Waals surface area contributed by atoms with Crippen molar-refractivity contribution in [3.05, 3.63) is 82.4 Å². The molecular weight excluding hydrogens is 400 g/mol. The minimum atomic E-state index is -0.0887. The molecule has 0 aliphatic carbocycles. The molecule has 3 aromatic carbocycles. The number of carbonyl (C=O) groups excluding carboxylic acids is 1. The number of benzene rings is 3. The highest BCUT2D eigenvalue weighted by Gasteiger charge is 2.08. The molecule has 0 bridgehead atoms. The van der Waals surface area contributed by atoms with Crippen LogP contribution >= 0.6 is 11.6 Å². The van der Waals surface area contributed by atoms with Gasteiger partial charge >= 0.3 is 0 Å². The Morgan fingerprint density at radius 1 is 0.967 bits per heavy atom. The predicted molar refractivity (Wildman–Crippen MR) is 122 cm³/mol. The molecule has 0 aromatic heterocycles. The molecule has 1 amide bonds. The summed E-state index contributed by atoms with van der Waals surface area (Å²) in [5, 5.41) is 6.92. The zero-order valence-corrected chi connectivity index (χ0v) is 18.0. The van der Waals surface area contributed by atoms with Gasteiger partial charge in [-0.05, 0) is 60.0 Å². The van der Waals surface area contributed by atoms with Gasteiger partial charge in [0.25, 0.3) is 0 Å². The molecule has 3 rings (SSSR count). The maximum atomic E-state index is 11.4. The zero-order valence-electron chi connectivity index (χ0n) is 17.3. The number of nitrogens with one attached hydrogen (secondary N) is 2. The number of amides is 1. The second-order valence-corrected chi connectivity index (χ2v) is 7.40. The van der Waals surface area contributed by atoms with Crippen LogP contribution in [0.5, 0.6) is 11.5 Å². The lowest BCUT2D eigenvalue weighted by molar-refractivity contribution is -0.114. The van der Waals surface area contributed by atoms with Gasteiger partial charge in [0.2, 0.25) is 5.91 Å². The monoisotopic (exact) mass is 424 g/mol. The van der Waals surface area contributed by atoms with E-state index in [-0.39, 0.29) is 5.91 Å². The van der Waals surface area contributed by atoms with Crippen LogP contribution in [-0.4, -0.2) is 13.0 Å². The number of methoxy groups -OCH3 is 1. The zero-order chi connectivity index (χ0) is 21.5. The van der Waals surface area contributed by atoms with Crippen molar-refractivity contribution in [2.24, 2.45) is 0 Å². The van der Waals surface area contributed by atoms with E-state index in [1.807, 2.05) is 67.6 Å². The van der Waals surface area contributed by atoms with Gasteiger partial charge in [0.1, 0.15) is 6.61 Å². The molecule has 3 aromatic rings. The van der Waals surface area contributed by atoms with Gasteiger partial charge in [-0.15, -0.1) is 0 Å². The van der Waals surface area contributed by atoms with Crippen LogP contribution in [0.4, 0.5) is 11.4 Å². The van der Waals surface area contributed by atoms with Gasteiger partial charge in [-0.25, -0.2) is 0 Å². The van der Waals surface area contributed by atoms with Crippen molar-refractivity contribution in [1.82, 2.24) is 0 Å². The lowest BCUT2D eigenvalue weighted by Gasteiger charge is -2.14. The molecule has 0 fully saturated rings. The second kappa shape index (κ2) is 10.0. The summed E-state index contributed by atoms with van der Waals surface area (Å²) in [6.45, 7) is 4.50. The number of hydrogen-bond donors (Lipinski definition) is 2. The maximum absolute atomic E-state index is 11.4. The van der Waals surface area contributed by atoms with E-state index in [2.05, 4.69) is 10.6 Å². The van der Waals surface area contributed by atoms with Crippen molar-refractivity contribution < 1.29 is 14.3 Å². The Morgan fingerprint density at radius 3 is 2.40 bits per heavy atom. The smallest absolute Gasteiger partial charge is 0.221 e. The van der Waals surface area contributed by atoms with E-state index >= 15 is 0 Å². The number of anilines is 2. The Labute approximate surface area is 182 Å². The van der Waals surface area contributed by atoms with Crippen molar-refractivity contribution in [2.45, 2.75) is 27.0 Å². The van der Waals surface area contributed by atoms with Crippen molar-refractivity contribution in [3.8, 4) is 11.5 Å². The standard InChI is InChI=1S/C24H25ClN2O3/c1-16-4-10-21(13-22(16)27-17(2)28)26-14-19-7-11-23(24(12-19)29-3)30-15-18-5-8-20(25)9-6-18/h4-13,26H,14-15H2,1-3H3,(H,27,28). The summed E-state index contributed by atoms with van der Waals surface area (Å²) in [6, 6.07) is 19.3. The van der Waals surface area contributed by atoms with Gasteiger partial charge in [-0.3, -0.25) is 4.79 Å². The van der Waals surface area contributed by atoms with Gasteiger partial charge in [0.15, 0.2) is 11.5 Å². The van der Waals surface area contributed by atoms with Crippen LogP contribution in [-0.2, 0) is 17.9 Å². The molecule has 0 aliphatic heterocycles. The van der Waals surface area contributed by atoms with Gasteiger partial charge in [-0.2, -0.15) is 0 Å². The molecule has 0 spiro atoms. The second-order valence-electron chi connectivity index (χ2n) is 6.96. The third kappa shape index (κ3) is 5.91. The van der Waals surface area contributed by atoms with Gasteiger partial charge < -0.3 is 20.1 Å². The first-order valence-electron chi connectivity index (χ1n) is 9.61. The first kappa shape index (κ1) is 21.5. The van der Waals surface area contributed by atoms with E-state index in [9.17, 15) is 4.79 Å². The normalized spacial score (nSPS) is 10.4. The molecule has 0 atom stereocenters. The number of carbonyl (C=O) groups is 1. The predicted octanol–water partition coefficient (Wildman–Crippen LogP) is 5.81. The molecule has 0 aliphatic rings. The topological polar surface area (TPSA) is 59.6 Å². The largest absolute Gasteiger partial charge is 0.493 e. The first-order chi connectivity index (χ1) is 14.4. The highest BCUT2D eigenvalue weighted by Crippen LogP contribution is 2.29. The molecule has 156 valence electrons. The Hall–Kier alpha value is -3.18. The SMILES string of the molecule is COc1cc(CNc2ccc(C)c(NC(C)=O)c2)ccc1OCc1ccc(Cl)cc1. The first-order valence-corrected chi connectivity index (χ1v) is 9.98. The summed E-state index contributed by atoms with van der Waals surface area (Å²) in [5.74, 6) is 1.26. The van der Waals surface area contributed by atoms with E-state index in [1.165, 1.54) is 6.92 Å². The van der Waals surface area contributed by atoms with Gasteiger partial charge in [0, 0.05) is 29.9 Å². The van der Waals surface area contributed by atoms with E-state index in [0.717, 1.165) is 28.1 Å². The van der Waals surface area contributed by atoms with Crippen LogP contribution in [0.1, 0.15) is 23.6 Å². The molecule has 0 unspecified atom stereocenters. The number of ether oxygens (including phenoxy) is 2. The quantitative estimate of drug-likeness (QED) is 0.479. The lowest BCUT2D eigenvalue weighted by Crippen LogP contribution is -2.08. The fourth-order valence-electron chi connectivity index (χ4n) is 2.94. The van der Waals surface area contributed by atoms with Crippen LogP contribution < -0.4 is 20.1 Å². The van der Waals surface area contributed by atoms with Crippen molar-refractivity contribution in [1.29, 1.82) is 0 Å². The molecule has 0 saturated heterocycles. The molecule has 30 heavy (non-hydrogen) atoms. The molecule has 0 heterocycles. The van der Waals surface area contributed by atoms with E-state index < -0.39 is 0 Å². The fourth-order valence-corrected chi connectivity index (χ4v) is 3.07. The summed E-state index contributed by atoms with van der Waals surface area (Å²) in [7, 11) is 1.63. The summed E-state index contributed by atoms with van der Waals surface area (Å²) in [4.78, 5) is 11.4. The highest BCUT2D eigenvalue weighted by atomic mass is 35.5. The third-order valence-corrected chi connectivity index (χ3v) is 4.83. The molecule has 2 N–H and O–H groups in total. The van der Waals surface area contributed by atoms with Crippen molar-refractivity contribution in [3.63, 3.8) is 0 Å². The number of rotatable bonds is 8. The Morgan fingerprint density at radius 2 is 1.70 bits per heavy atom. The lowest BCUT2D eigenvalue weighted by atomic mass is 10.1. The fraction of sp³-hybridized carbons (Fsp3) is 0.208. The molecule has 5 nitrogen and oxygen atoms in total. The number of aryl methyl sites for hydroxylation is 1. The third-order valence-electron chi connectivity index (χ3n) is 4.58. The van der Waals surface area contributed by atoms with Crippen molar-refractivity contribution in [2.75, 3.05) is 17.7 Å². The Balaban J connectivity index is 1.64. The number of halogens is 1. The Kier molecular flexibility index (Phi) is 7.20. The molecular formula is C24H25ClN2O3. The van der Waals surface area contributed by atoms with Crippen LogP contribution in [0.3, 0.4) is 0 Å². The Bertz CT molecular complexity index is 1020. The van der Waals surface area contributed by atoms with Crippen LogP contribution in [0.25, 0.3) is 0 Å². The maximum Gasteiger partial charge on any atom is 0.221 e. The average molecular weight is 425 g/mol. The van der Waals surface area contributed by atoms with E-state index in [0.29, 0.717) is 29.7 Å². The van der Waals surface area contributed by atoms with Crippen molar-refractivity contribution >= 4 is 28.9 Å². The summed E-state index contributed by atoms with van der Waals surface area (Å²) in [5.41, 5.74) is 4.82. The van der Waals surface area contributed by atoms with E-state index in [4.69, 9.17) is 21.1 Å². The number of hydrogen-bond acceptors (Lipinski definition) is 4. The minimum absolute atomic E-state index is 0.0887.